The van der Waals surface area contributed by atoms with Crippen LogP contribution in [0.2, 0.25) is 0 Å². The Morgan fingerprint density at radius 3 is 2.14 bits per heavy atom. The minimum absolute atomic E-state index is 0.0772. The minimum atomic E-state index is -0.461. The zero-order valence-electron chi connectivity index (χ0n) is 9.51. The number of ether oxygens (including phenoxy) is 1. The monoisotopic (exact) mass is 198 g/mol. The van der Waals surface area contributed by atoms with Crippen molar-refractivity contribution in [3.05, 3.63) is 0 Å². The van der Waals surface area contributed by atoms with E-state index in [-0.39, 0.29) is 17.7 Å². The van der Waals surface area contributed by atoms with Gasteiger partial charge in [0, 0.05) is 5.41 Å². The van der Waals surface area contributed by atoms with Gasteiger partial charge in [0.15, 0.2) is 0 Å². The summed E-state index contributed by atoms with van der Waals surface area (Å²) in [6.07, 6.45) is 0.636. The Bertz CT molecular complexity index is 275. The van der Waals surface area contributed by atoms with Crippen molar-refractivity contribution in [3.8, 4) is 0 Å². The average molecular weight is 198 g/mol. The molecule has 80 valence electrons. The molecule has 1 rings (SSSR count). The molecule has 0 aromatic rings. The van der Waals surface area contributed by atoms with Crippen LogP contribution in [0.15, 0.2) is 0 Å². The number of esters is 1. The van der Waals surface area contributed by atoms with Crippen molar-refractivity contribution >= 4 is 11.8 Å². The molecule has 0 N–H and O–H groups in total. The first-order chi connectivity index (χ1) is 6.17. The molecule has 1 aliphatic carbocycles. The summed E-state index contributed by atoms with van der Waals surface area (Å²) in [5.74, 6) is -0.386. The van der Waals surface area contributed by atoms with E-state index in [4.69, 9.17) is 4.74 Å². The first kappa shape index (κ1) is 11.2. The topological polar surface area (TPSA) is 43.4 Å². The third-order valence-electron chi connectivity index (χ3n) is 2.73. The number of hydrogen-bond donors (Lipinski definition) is 0. The number of carbonyl (C=O) groups is 2. The van der Waals surface area contributed by atoms with Gasteiger partial charge in [-0.15, -0.1) is 0 Å². The molecule has 0 bridgehead atoms. The third-order valence-corrected chi connectivity index (χ3v) is 2.73. The smallest absolute Gasteiger partial charge is 0.310 e. The van der Waals surface area contributed by atoms with Crippen LogP contribution < -0.4 is 0 Å². The van der Waals surface area contributed by atoms with E-state index in [0.29, 0.717) is 6.42 Å². The maximum Gasteiger partial charge on any atom is 0.310 e. The Hall–Kier alpha value is -0.860. The number of carbonyl (C=O) groups excluding carboxylic acids is 2. The van der Waals surface area contributed by atoms with Gasteiger partial charge in [0.2, 0.25) is 0 Å². The molecule has 0 spiro atoms. The molecule has 0 aromatic carbocycles. The lowest BCUT2D eigenvalue weighted by atomic mass is 10.0. The predicted octanol–water partition coefficient (Wildman–Crippen LogP) is 1.94. The summed E-state index contributed by atoms with van der Waals surface area (Å²) in [5, 5.41) is 0. The molecule has 1 saturated carbocycles. The molecule has 0 saturated heterocycles. The number of Topliss-reactive ketones (excluding diaryl/α,β-unsaturated/α-hetero) is 1. The molecular formula is C11H18O3. The Morgan fingerprint density at radius 2 is 1.86 bits per heavy atom. The molecule has 0 radical (unpaired) electrons. The Labute approximate surface area is 84.8 Å². The normalized spacial score (nSPS) is 31.1. The molecule has 0 aromatic heterocycles. The van der Waals surface area contributed by atoms with E-state index in [0.717, 1.165) is 0 Å². The van der Waals surface area contributed by atoms with E-state index in [1.807, 2.05) is 27.7 Å². The van der Waals surface area contributed by atoms with Crippen molar-refractivity contribution in [1.29, 1.82) is 0 Å². The molecule has 2 atom stereocenters. The Morgan fingerprint density at radius 1 is 1.36 bits per heavy atom. The molecule has 1 fully saturated rings. The zero-order valence-corrected chi connectivity index (χ0v) is 9.51. The molecule has 2 unspecified atom stereocenters. The lowest BCUT2D eigenvalue weighted by Crippen LogP contribution is -2.27. The van der Waals surface area contributed by atoms with Crippen molar-refractivity contribution in [1.82, 2.24) is 0 Å². The molecule has 1 aliphatic rings. The zero-order chi connectivity index (χ0) is 11.1. The van der Waals surface area contributed by atoms with Gasteiger partial charge < -0.3 is 4.74 Å². The van der Waals surface area contributed by atoms with E-state index in [9.17, 15) is 9.59 Å². The maximum absolute atomic E-state index is 11.6. The predicted molar refractivity (Wildman–Crippen MR) is 52.7 cm³/mol. The summed E-state index contributed by atoms with van der Waals surface area (Å²) in [7, 11) is 0. The number of hydrogen-bond acceptors (Lipinski definition) is 3. The molecule has 3 heteroatoms. The van der Waals surface area contributed by atoms with Crippen molar-refractivity contribution in [3.63, 3.8) is 0 Å². The summed E-state index contributed by atoms with van der Waals surface area (Å²) < 4.78 is 5.22. The second kappa shape index (κ2) is 3.07. The Balaban J connectivity index is 2.56. The molecular weight excluding hydrogens is 180 g/mol. The highest BCUT2D eigenvalue weighted by Crippen LogP contribution is 2.53. The molecule has 14 heavy (non-hydrogen) atoms. The van der Waals surface area contributed by atoms with Crippen molar-refractivity contribution in [2.45, 2.75) is 46.6 Å². The van der Waals surface area contributed by atoms with Crippen molar-refractivity contribution in [2.24, 2.45) is 11.3 Å². The van der Waals surface area contributed by atoms with E-state index >= 15 is 0 Å². The standard InChI is InChI=1S/C11H18O3/c1-7(12)11(5)6-8(11)9(13)14-10(2,3)4/h8H,6H2,1-5H3. The van der Waals surface area contributed by atoms with Gasteiger partial charge in [-0.3, -0.25) is 9.59 Å². The highest BCUT2D eigenvalue weighted by Gasteiger charge is 2.59. The van der Waals surface area contributed by atoms with Crippen LogP contribution in [0, 0.1) is 11.3 Å². The van der Waals surface area contributed by atoms with Gasteiger partial charge in [-0.05, 0) is 34.1 Å². The third kappa shape index (κ3) is 2.14. The first-order valence-electron chi connectivity index (χ1n) is 4.91. The summed E-state index contributed by atoms with van der Waals surface area (Å²) in [6, 6.07) is 0. The van der Waals surface area contributed by atoms with Crippen LogP contribution in [0.1, 0.15) is 41.0 Å². The summed E-state index contributed by atoms with van der Waals surface area (Å²) in [5.41, 5.74) is -0.917. The van der Waals surface area contributed by atoms with E-state index in [1.54, 1.807) is 0 Å². The van der Waals surface area contributed by atoms with Crippen LogP contribution in [-0.4, -0.2) is 17.4 Å². The Kier molecular flexibility index (Phi) is 2.46. The van der Waals surface area contributed by atoms with Gasteiger partial charge >= 0.3 is 5.97 Å². The van der Waals surface area contributed by atoms with Crippen LogP contribution in [0.4, 0.5) is 0 Å². The highest BCUT2D eigenvalue weighted by atomic mass is 16.6. The second-order valence-corrected chi connectivity index (χ2v) is 5.26. The first-order valence-corrected chi connectivity index (χ1v) is 4.91. The fraction of sp³-hybridized carbons (Fsp3) is 0.818. The lowest BCUT2D eigenvalue weighted by Gasteiger charge is -2.20. The van der Waals surface area contributed by atoms with Gasteiger partial charge in [-0.2, -0.15) is 0 Å². The summed E-state index contributed by atoms with van der Waals surface area (Å²) in [6.45, 7) is 8.85. The van der Waals surface area contributed by atoms with Gasteiger partial charge in [0.05, 0.1) is 5.92 Å². The molecule has 0 amide bonds. The SMILES string of the molecule is CC(=O)C1(C)CC1C(=O)OC(C)(C)C. The van der Waals surface area contributed by atoms with Crippen LogP contribution in [0.5, 0.6) is 0 Å². The van der Waals surface area contributed by atoms with Crippen molar-refractivity contribution in [2.75, 3.05) is 0 Å². The van der Waals surface area contributed by atoms with Crippen LogP contribution in [-0.2, 0) is 14.3 Å². The fourth-order valence-electron chi connectivity index (χ4n) is 1.47. The van der Waals surface area contributed by atoms with E-state index in [1.165, 1.54) is 6.92 Å². The maximum atomic E-state index is 11.6. The van der Waals surface area contributed by atoms with Gasteiger partial charge in [0.1, 0.15) is 11.4 Å². The van der Waals surface area contributed by atoms with Crippen LogP contribution in [0.3, 0.4) is 0 Å². The quantitative estimate of drug-likeness (QED) is 0.637. The second-order valence-electron chi connectivity index (χ2n) is 5.26. The van der Waals surface area contributed by atoms with Gasteiger partial charge in [-0.25, -0.2) is 0 Å². The molecule has 0 aliphatic heterocycles. The summed E-state index contributed by atoms with van der Waals surface area (Å²) in [4.78, 5) is 22.8. The number of ketones is 1. The van der Waals surface area contributed by atoms with Crippen molar-refractivity contribution < 1.29 is 14.3 Å². The largest absolute Gasteiger partial charge is 0.460 e. The van der Waals surface area contributed by atoms with Gasteiger partial charge in [-0.1, -0.05) is 6.92 Å². The average Bonchev–Trinajstić information content (AvgIpc) is 2.60. The molecule has 0 heterocycles. The molecule has 3 nitrogen and oxygen atoms in total. The lowest BCUT2D eigenvalue weighted by molar-refractivity contribution is -0.158. The van der Waals surface area contributed by atoms with Crippen LogP contribution in [0.25, 0.3) is 0 Å². The van der Waals surface area contributed by atoms with Crippen LogP contribution >= 0.6 is 0 Å². The van der Waals surface area contributed by atoms with E-state index in [2.05, 4.69) is 0 Å². The minimum Gasteiger partial charge on any atom is -0.460 e. The van der Waals surface area contributed by atoms with E-state index < -0.39 is 11.0 Å². The fourth-order valence-corrected chi connectivity index (χ4v) is 1.47. The number of rotatable bonds is 2. The summed E-state index contributed by atoms with van der Waals surface area (Å²) >= 11 is 0. The van der Waals surface area contributed by atoms with Gasteiger partial charge in [0.25, 0.3) is 0 Å². The highest BCUT2D eigenvalue weighted by molar-refractivity contribution is 5.93.